The molecule has 68 valence electrons. The maximum atomic E-state index is 9.13. The lowest BCUT2D eigenvalue weighted by atomic mass is 10.2. The van der Waals surface area contributed by atoms with Gasteiger partial charge in [0.2, 0.25) is 0 Å². The van der Waals surface area contributed by atoms with Crippen molar-refractivity contribution >= 4 is 24.0 Å². The van der Waals surface area contributed by atoms with Crippen molar-refractivity contribution in [2.75, 3.05) is 0 Å². The summed E-state index contributed by atoms with van der Waals surface area (Å²) in [4.78, 5) is 0. The van der Waals surface area contributed by atoms with Crippen molar-refractivity contribution in [2.24, 2.45) is 5.84 Å². The standard InChI is InChI=1S/C7H9ClN2O.ClH/c8-7-5(4-10-9)2-1-3-6(7)11;/h1-3,10-11H,4,9H2;1H. The number of phenols is 1. The number of rotatable bonds is 2. The van der Waals surface area contributed by atoms with Crippen LogP contribution >= 0.6 is 24.0 Å². The van der Waals surface area contributed by atoms with Crippen LogP contribution in [0.4, 0.5) is 0 Å². The molecule has 0 heterocycles. The third-order valence-corrected chi connectivity index (χ3v) is 1.79. The highest BCUT2D eigenvalue weighted by molar-refractivity contribution is 6.32. The first-order chi connectivity index (χ1) is 5.25. The Morgan fingerprint density at radius 3 is 2.75 bits per heavy atom. The quantitative estimate of drug-likeness (QED) is 0.510. The predicted octanol–water partition coefficient (Wildman–Crippen LogP) is 1.43. The van der Waals surface area contributed by atoms with Gasteiger partial charge in [-0.1, -0.05) is 23.7 Å². The topological polar surface area (TPSA) is 58.3 Å². The number of hydrogen-bond acceptors (Lipinski definition) is 3. The molecule has 0 saturated heterocycles. The second-order valence-corrected chi connectivity index (χ2v) is 2.51. The fraction of sp³-hybridized carbons (Fsp3) is 0.143. The molecule has 0 bridgehead atoms. The number of hydrazine groups is 1. The first-order valence-corrected chi connectivity index (χ1v) is 3.53. The van der Waals surface area contributed by atoms with E-state index in [1.54, 1.807) is 12.1 Å². The number of benzene rings is 1. The first-order valence-electron chi connectivity index (χ1n) is 3.15. The molecule has 0 amide bonds. The van der Waals surface area contributed by atoms with Crippen LogP contribution in [-0.2, 0) is 6.54 Å². The second kappa shape index (κ2) is 5.22. The summed E-state index contributed by atoms with van der Waals surface area (Å²) in [5, 5.41) is 9.48. The Morgan fingerprint density at radius 2 is 2.17 bits per heavy atom. The summed E-state index contributed by atoms with van der Waals surface area (Å²) in [5.74, 6) is 5.17. The summed E-state index contributed by atoms with van der Waals surface area (Å²) in [7, 11) is 0. The van der Waals surface area contributed by atoms with E-state index in [1.165, 1.54) is 6.07 Å². The lowest BCUT2D eigenvalue weighted by molar-refractivity contribution is 0.474. The Kier molecular flexibility index (Phi) is 5.01. The van der Waals surface area contributed by atoms with Gasteiger partial charge in [-0.15, -0.1) is 12.4 Å². The van der Waals surface area contributed by atoms with Gasteiger partial charge in [0.1, 0.15) is 5.75 Å². The van der Waals surface area contributed by atoms with E-state index in [9.17, 15) is 0 Å². The summed E-state index contributed by atoms with van der Waals surface area (Å²) in [6.07, 6.45) is 0. The zero-order valence-electron chi connectivity index (χ0n) is 6.25. The van der Waals surface area contributed by atoms with Gasteiger partial charge in [0.15, 0.2) is 0 Å². The fourth-order valence-corrected chi connectivity index (χ4v) is 1.01. The molecule has 1 aromatic carbocycles. The number of nitrogens with one attached hydrogen (secondary N) is 1. The van der Waals surface area contributed by atoms with Gasteiger partial charge in [0.25, 0.3) is 0 Å². The van der Waals surface area contributed by atoms with Crippen LogP contribution < -0.4 is 11.3 Å². The Morgan fingerprint density at radius 1 is 1.50 bits per heavy atom. The molecule has 5 heteroatoms. The Bertz CT molecular complexity index is 255. The molecule has 0 aliphatic heterocycles. The maximum absolute atomic E-state index is 9.13. The highest BCUT2D eigenvalue weighted by atomic mass is 35.5. The summed E-state index contributed by atoms with van der Waals surface area (Å²) < 4.78 is 0. The third kappa shape index (κ3) is 2.53. The van der Waals surface area contributed by atoms with Crippen LogP contribution in [0.2, 0.25) is 5.02 Å². The van der Waals surface area contributed by atoms with Crippen LogP contribution in [-0.4, -0.2) is 5.11 Å². The lowest BCUT2D eigenvalue weighted by Crippen LogP contribution is -2.20. The number of phenolic OH excluding ortho intramolecular Hbond substituents is 1. The zero-order valence-corrected chi connectivity index (χ0v) is 7.82. The number of halogens is 2. The molecule has 0 unspecified atom stereocenters. The largest absolute Gasteiger partial charge is 0.506 e. The molecule has 0 aromatic heterocycles. The van der Waals surface area contributed by atoms with Crippen LogP contribution in [0.25, 0.3) is 0 Å². The van der Waals surface area contributed by atoms with Crippen molar-refractivity contribution in [3.8, 4) is 5.75 Å². The van der Waals surface area contributed by atoms with Crippen molar-refractivity contribution < 1.29 is 5.11 Å². The van der Waals surface area contributed by atoms with Crippen molar-refractivity contribution in [3.05, 3.63) is 28.8 Å². The van der Waals surface area contributed by atoms with Gasteiger partial charge < -0.3 is 5.11 Å². The summed E-state index contributed by atoms with van der Waals surface area (Å²) in [6, 6.07) is 5.04. The van der Waals surface area contributed by atoms with Crippen molar-refractivity contribution in [3.63, 3.8) is 0 Å². The molecular weight excluding hydrogens is 199 g/mol. The molecule has 1 aromatic rings. The highest BCUT2D eigenvalue weighted by Crippen LogP contribution is 2.26. The van der Waals surface area contributed by atoms with Crippen molar-refractivity contribution in [1.82, 2.24) is 5.43 Å². The summed E-state index contributed by atoms with van der Waals surface area (Å²) >= 11 is 5.73. The van der Waals surface area contributed by atoms with E-state index >= 15 is 0 Å². The maximum Gasteiger partial charge on any atom is 0.134 e. The van der Waals surface area contributed by atoms with Gasteiger partial charge in [-0.3, -0.25) is 11.3 Å². The van der Waals surface area contributed by atoms with E-state index in [0.717, 1.165) is 5.56 Å². The van der Waals surface area contributed by atoms with Gasteiger partial charge in [0, 0.05) is 6.54 Å². The van der Waals surface area contributed by atoms with Gasteiger partial charge >= 0.3 is 0 Å². The van der Waals surface area contributed by atoms with Crippen molar-refractivity contribution in [1.29, 1.82) is 0 Å². The summed E-state index contributed by atoms with van der Waals surface area (Å²) in [5.41, 5.74) is 3.24. The van der Waals surface area contributed by atoms with E-state index in [0.29, 0.717) is 11.6 Å². The smallest absolute Gasteiger partial charge is 0.134 e. The second-order valence-electron chi connectivity index (χ2n) is 2.13. The van der Waals surface area contributed by atoms with Crippen LogP contribution in [0.1, 0.15) is 5.56 Å². The third-order valence-electron chi connectivity index (χ3n) is 1.35. The zero-order chi connectivity index (χ0) is 8.27. The molecule has 1 rings (SSSR count). The van der Waals surface area contributed by atoms with E-state index < -0.39 is 0 Å². The Labute approximate surface area is 81.9 Å². The molecule has 0 saturated carbocycles. The van der Waals surface area contributed by atoms with Crippen LogP contribution in [0.5, 0.6) is 5.75 Å². The minimum absolute atomic E-state index is 0. The highest BCUT2D eigenvalue weighted by Gasteiger charge is 2.02. The predicted molar refractivity (Wildman–Crippen MR) is 51.4 cm³/mol. The van der Waals surface area contributed by atoms with E-state index in [2.05, 4.69) is 5.43 Å². The first kappa shape index (κ1) is 11.5. The van der Waals surface area contributed by atoms with Crippen LogP contribution in [0, 0.1) is 0 Å². The number of nitrogens with two attached hydrogens (primary N) is 1. The molecule has 4 N–H and O–H groups in total. The molecular formula is C7H10Cl2N2O. The molecule has 0 radical (unpaired) electrons. The normalized spacial score (nSPS) is 9.17. The average Bonchev–Trinajstić information content (AvgIpc) is 1.99. The summed E-state index contributed by atoms with van der Waals surface area (Å²) in [6.45, 7) is 0.452. The van der Waals surface area contributed by atoms with Crippen molar-refractivity contribution in [2.45, 2.75) is 6.54 Å². The van der Waals surface area contributed by atoms with Crippen LogP contribution in [0.15, 0.2) is 18.2 Å². The SMILES string of the molecule is Cl.NNCc1cccc(O)c1Cl. The van der Waals surface area contributed by atoms with Gasteiger partial charge in [-0.2, -0.15) is 0 Å². The van der Waals surface area contributed by atoms with Gasteiger partial charge in [-0.05, 0) is 11.6 Å². The molecule has 0 spiro atoms. The lowest BCUT2D eigenvalue weighted by Gasteiger charge is -2.03. The molecule has 0 aliphatic rings. The minimum atomic E-state index is 0. The molecule has 12 heavy (non-hydrogen) atoms. The molecule has 0 atom stereocenters. The monoisotopic (exact) mass is 208 g/mol. The van der Waals surface area contributed by atoms with E-state index in [-0.39, 0.29) is 18.2 Å². The fourth-order valence-electron chi connectivity index (χ4n) is 0.813. The van der Waals surface area contributed by atoms with Crippen LogP contribution in [0.3, 0.4) is 0 Å². The number of hydrogen-bond donors (Lipinski definition) is 3. The number of aromatic hydroxyl groups is 1. The molecule has 0 aliphatic carbocycles. The van der Waals surface area contributed by atoms with Gasteiger partial charge in [0.05, 0.1) is 5.02 Å². The average molecular weight is 209 g/mol. The van der Waals surface area contributed by atoms with E-state index in [4.69, 9.17) is 22.6 Å². The van der Waals surface area contributed by atoms with E-state index in [1.807, 2.05) is 0 Å². The Hall–Kier alpha value is -0.480. The van der Waals surface area contributed by atoms with Gasteiger partial charge in [-0.25, -0.2) is 0 Å². The minimum Gasteiger partial charge on any atom is -0.506 e. The Balaban J connectivity index is 0.00000121. The molecule has 0 fully saturated rings. The molecule has 3 nitrogen and oxygen atoms in total.